The van der Waals surface area contributed by atoms with Crippen molar-refractivity contribution in [3.8, 4) is 5.75 Å². The van der Waals surface area contributed by atoms with Crippen LogP contribution in [0, 0.1) is 5.92 Å². The van der Waals surface area contributed by atoms with E-state index < -0.39 is 40.6 Å². The van der Waals surface area contributed by atoms with Crippen LogP contribution >= 0.6 is 0 Å². The van der Waals surface area contributed by atoms with Gasteiger partial charge in [-0.3, -0.25) is 24.0 Å². The summed E-state index contributed by atoms with van der Waals surface area (Å²) in [5.74, 6) is -1.62. The summed E-state index contributed by atoms with van der Waals surface area (Å²) >= 11 is 0. The van der Waals surface area contributed by atoms with E-state index in [0.717, 1.165) is 17.1 Å². The van der Waals surface area contributed by atoms with E-state index in [2.05, 4.69) is 31.3 Å². The first-order valence-electron chi connectivity index (χ1n) is 19.2. The van der Waals surface area contributed by atoms with E-state index in [0.29, 0.717) is 63.7 Å². The van der Waals surface area contributed by atoms with Gasteiger partial charge < -0.3 is 29.6 Å². The van der Waals surface area contributed by atoms with Crippen molar-refractivity contribution < 1.29 is 51.3 Å². The fraction of sp³-hybridized carbons (Fsp3) is 0.639. The third-order valence-corrected chi connectivity index (χ3v) is 10.4. The number of nitrogens with zero attached hydrogens (tertiary/aromatic N) is 7. The van der Waals surface area contributed by atoms with Crippen molar-refractivity contribution in [2.45, 2.75) is 89.5 Å². The molecule has 4 N–H and O–H groups in total. The highest BCUT2D eigenvalue weighted by molar-refractivity contribution is 7.89. The maximum atomic E-state index is 13.8. The second kappa shape index (κ2) is 25.7. The average molecular weight is 841 g/mol. The predicted octanol–water partition coefficient (Wildman–Crippen LogP) is 1.04. The lowest BCUT2D eigenvalue weighted by molar-refractivity contribution is -0.134. The van der Waals surface area contributed by atoms with E-state index in [1.807, 2.05) is 6.92 Å². The number of amides is 3. The first kappa shape index (κ1) is 47.8. The molecule has 22 heteroatoms. The van der Waals surface area contributed by atoms with Crippen molar-refractivity contribution in [3.05, 3.63) is 48.0 Å². The minimum absolute atomic E-state index is 0.0666. The predicted molar refractivity (Wildman–Crippen MR) is 206 cm³/mol. The molecule has 0 aliphatic rings. The van der Waals surface area contributed by atoms with Crippen molar-refractivity contribution in [2.24, 2.45) is 5.92 Å². The first-order valence-corrected chi connectivity index (χ1v) is 20.6. The third-order valence-electron chi connectivity index (χ3n) is 8.60. The first-order chi connectivity index (χ1) is 27.9. The molecule has 0 aliphatic carbocycles. The molecule has 0 aliphatic heterocycles. The van der Waals surface area contributed by atoms with Crippen LogP contribution in [-0.4, -0.2) is 138 Å². The number of alkyl halides is 1. The van der Waals surface area contributed by atoms with E-state index >= 15 is 0 Å². The Morgan fingerprint density at radius 3 is 2.17 bits per heavy atom. The van der Waals surface area contributed by atoms with Crippen molar-refractivity contribution in [2.75, 3.05) is 60.0 Å². The van der Waals surface area contributed by atoms with Crippen LogP contribution in [0.15, 0.2) is 41.6 Å². The Bertz CT molecular complexity index is 1780. The second-order valence-electron chi connectivity index (χ2n) is 13.5. The molecule has 2 heterocycles. The van der Waals surface area contributed by atoms with Crippen LogP contribution in [0.2, 0.25) is 0 Å². The van der Waals surface area contributed by atoms with Crippen LogP contribution in [0.25, 0.3) is 0 Å². The van der Waals surface area contributed by atoms with Gasteiger partial charge >= 0.3 is 0 Å². The number of benzene rings is 1. The maximum absolute atomic E-state index is 13.8. The van der Waals surface area contributed by atoms with Gasteiger partial charge in [-0.05, 0) is 49.4 Å². The quantitative estimate of drug-likeness (QED) is 0.0417. The zero-order valence-corrected chi connectivity index (χ0v) is 34.4. The Morgan fingerprint density at radius 1 is 0.897 bits per heavy atom. The molecule has 1 aromatic carbocycles. The van der Waals surface area contributed by atoms with Crippen LogP contribution < -0.4 is 20.9 Å². The van der Waals surface area contributed by atoms with Gasteiger partial charge in [-0.15, -0.1) is 10.2 Å². The van der Waals surface area contributed by atoms with Gasteiger partial charge in [0.05, 0.1) is 82.8 Å². The standard InChI is InChI=1S/C36H57FN10O10S/c1-5-6-9-32(39-33(48)26-46-23-28(40-44-46)8-7-14-37)35(49)38-15-17-55-19-21-57-22-20-56-18-16-45-24-29(41-43-45)25-47(34(27(2)3)36(50)42-51)58(52,53)31-12-10-30(54-4)11-13-31/h10-13,23-24,27,32,34,51H,5-9,14-22,25-26H2,1-4H3,(H,38,49)(H,39,48)(H,42,50)/t32?,34-/m1/s1. The highest BCUT2D eigenvalue weighted by atomic mass is 32.2. The minimum Gasteiger partial charge on any atom is -0.497 e. The fourth-order valence-corrected chi connectivity index (χ4v) is 7.33. The monoisotopic (exact) mass is 840 g/mol. The Kier molecular flexibility index (Phi) is 21.2. The number of sulfonamides is 1. The van der Waals surface area contributed by atoms with Gasteiger partial charge in [0.15, 0.2) is 0 Å². The number of hydroxylamine groups is 1. The summed E-state index contributed by atoms with van der Waals surface area (Å²) in [7, 11) is -2.77. The molecule has 0 radical (unpaired) electrons. The Morgan fingerprint density at radius 2 is 1.53 bits per heavy atom. The molecular formula is C36H57FN10O10S. The van der Waals surface area contributed by atoms with Crippen LogP contribution in [0.4, 0.5) is 4.39 Å². The van der Waals surface area contributed by atoms with Gasteiger partial charge in [0.25, 0.3) is 5.91 Å². The minimum atomic E-state index is -4.23. The molecule has 3 rings (SSSR count). The van der Waals surface area contributed by atoms with E-state index in [4.69, 9.17) is 18.9 Å². The molecule has 2 atom stereocenters. The van der Waals surface area contributed by atoms with Gasteiger partial charge in [-0.2, -0.15) is 4.31 Å². The summed E-state index contributed by atoms with van der Waals surface area (Å²) in [6.07, 6.45) is 6.01. The maximum Gasteiger partial charge on any atom is 0.262 e. The summed E-state index contributed by atoms with van der Waals surface area (Å²) in [5.41, 5.74) is 2.45. The summed E-state index contributed by atoms with van der Waals surface area (Å²) in [6, 6.07) is 3.79. The number of methoxy groups -OCH3 is 1. The topological polar surface area (TPSA) is 243 Å². The molecule has 0 saturated carbocycles. The number of rotatable bonds is 30. The molecule has 3 amide bonds. The zero-order chi connectivity index (χ0) is 42.3. The second-order valence-corrected chi connectivity index (χ2v) is 15.3. The summed E-state index contributed by atoms with van der Waals surface area (Å²) in [4.78, 5) is 38.0. The zero-order valence-electron chi connectivity index (χ0n) is 33.5. The molecule has 3 aromatic rings. The molecule has 0 saturated heterocycles. The number of aromatic nitrogens is 6. The molecule has 20 nitrogen and oxygen atoms in total. The molecule has 324 valence electrons. The summed E-state index contributed by atoms with van der Waals surface area (Å²) in [5, 5.41) is 30.9. The van der Waals surface area contributed by atoms with E-state index in [1.165, 1.54) is 40.7 Å². The highest BCUT2D eigenvalue weighted by Crippen LogP contribution is 2.26. The van der Waals surface area contributed by atoms with Crippen LogP contribution in [-0.2, 0) is 64.7 Å². The van der Waals surface area contributed by atoms with Gasteiger partial charge in [-0.1, -0.05) is 44.0 Å². The van der Waals surface area contributed by atoms with E-state index in [9.17, 15) is 32.4 Å². The number of hydrogen-bond acceptors (Lipinski definition) is 14. The lowest BCUT2D eigenvalue weighted by Gasteiger charge is -2.31. The Hall–Kier alpha value is -4.61. The Labute approximate surface area is 338 Å². The number of aryl methyl sites for hydroxylation is 1. The fourth-order valence-electron chi connectivity index (χ4n) is 5.64. The summed E-state index contributed by atoms with van der Waals surface area (Å²) in [6.45, 7) is 6.74. The average Bonchev–Trinajstić information content (AvgIpc) is 3.87. The molecular weight excluding hydrogens is 784 g/mol. The molecule has 1 unspecified atom stereocenters. The van der Waals surface area contributed by atoms with Crippen molar-refractivity contribution >= 4 is 27.7 Å². The van der Waals surface area contributed by atoms with Crippen LogP contribution in [0.5, 0.6) is 5.75 Å². The van der Waals surface area contributed by atoms with Gasteiger partial charge in [-0.25, -0.2) is 23.3 Å². The normalized spacial score (nSPS) is 12.8. The number of ether oxygens (including phenoxy) is 4. The molecule has 58 heavy (non-hydrogen) atoms. The van der Waals surface area contributed by atoms with Crippen molar-refractivity contribution in [1.29, 1.82) is 0 Å². The number of hydrogen-bond donors (Lipinski definition) is 4. The van der Waals surface area contributed by atoms with Crippen LogP contribution in [0.3, 0.4) is 0 Å². The molecule has 2 aromatic heterocycles. The SMILES string of the molecule is CCCCC(NC(=O)Cn1cc(CCCF)nn1)C(=O)NCCOCCOCCOCCn1cc(CN([C@@H](C(=O)NO)C(C)C)S(=O)(=O)c2ccc(OC)cc2)nn1. The molecule has 0 spiro atoms. The van der Waals surface area contributed by atoms with Gasteiger partial charge in [0.1, 0.15) is 24.4 Å². The smallest absolute Gasteiger partial charge is 0.262 e. The van der Waals surface area contributed by atoms with Gasteiger partial charge in [0.2, 0.25) is 21.8 Å². The van der Waals surface area contributed by atoms with E-state index in [1.54, 1.807) is 31.7 Å². The highest BCUT2D eigenvalue weighted by Gasteiger charge is 2.38. The van der Waals surface area contributed by atoms with Crippen LogP contribution in [0.1, 0.15) is 57.8 Å². The summed E-state index contributed by atoms with van der Waals surface area (Å²) < 4.78 is 65.6. The van der Waals surface area contributed by atoms with Gasteiger partial charge in [0, 0.05) is 18.9 Å². The number of carbonyl (C=O) groups is 3. The lowest BCUT2D eigenvalue weighted by atomic mass is 10.0. The third kappa shape index (κ3) is 16.0. The van der Waals surface area contributed by atoms with Crippen molar-refractivity contribution in [3.63, 3.8) is 0 Å². The van der Waals surface area contributed by atoms with Crippen molar-refractivity contribution in [1.82, 2.24) is 50.4 Å². The number of carbonyl (C=O) groups excluding carboxylic acids is 3. The van der Waals surface area contributed by atoms with E-state index in [-0.39, 0.29) is 55.3 Å². The Balaban J connectivity index is 1.33. The number of nitrogens with one attached hydrogen (secondary N) is 3. The largest absolute Gasteiger partial charge is 0.497 e. The lowest BCUT2D eigenvalue weighted by Crippen LogP contribution is -2.51. The number of halogens is 1. The number of unbranched alkanes of at least 4 members (excludes halogenated alkanes) is 1. The molecule has 0 fully saturated rings. The molecule has 0 bridgehead atoms.